The first-order valence-corrected chi connectivity index (χ1v) is 18.5. The van der Waals surface area contributed by atoms with Gasteiger partial charge in [0.25, 0.3) is 0 Å². The van der Waals surface area contributed by atoms with Gasteiger partial charge in [-0.05, 0) is 75.5 Å². The van der Waals surface area contributed by atoms with Gasteiger partial charge in [-0.2, -0.15) is 0 Å². The third kappa shape index (κ3) is 5.44. The molecule has 2 nitrogen and oxygen atoms in total. The van der Waals surface area contributed by atoms with E-state index in [1.165, 1.54) is 60.4 Å². The number of rotatable bonds is 7. The third-order valence-corrected chi connectivity index (χ3v) is 10.6. The van der Waals surface area contributed by atoms with E-state index in [-0.39, 0.29) is 0 Å². The zero-order valence-electron chi connectivity index (χ0n) is 29.7. The summed E-state index contributed by atoms with van der Waals surface area (Å²) in [5.41, 5.74) is 14.0. The maximum absolute atomic E-state index is 2.46. The van der Waals surface area contributed by atoms with Crippen molar-refractivity contribution in [3.63, 3.8) is 0 Å². The smallest absolute Gasteiger partial charge is 0.0562 e. The van der Waals surface area contributed by atoms with Gasteiger partial charge in [0.2, 0.25) is 0 Å². The number of para-hydroxylation sites is 3. The number of aromatic nitrogens is 1. The minimum atomic E-state index is 1.11. The van der Waals surface area contributed by atoms with Crippen molar-refractivity contribution in [1.29, 1.82) is 0 Å². The molecular weight excluding hydrogens is 653 g/mol. The molecule has 0 bridgehead atoms. The molecule has 0 aliphatic carbocycles. The van der Waals surface area contributed by atoms with Gasteiger partial charge in [0, 0.05) is 27.6 Å². The van der Waals surface area contributed by atoms with Crippen molar-refractivity contribution >= 4 is 49.6 Å². The lowest BCUT2D eigenvalue weighted by Crippen LogP contribution is -2.11. The number of hydrogen-bond donors (Lipinski definition) is 0. The van der Waals surface area contributed by atoms with Gasteiger partial charge in [-0.3, -0.25) is 0 Å². The quantitative estimate of drug-likeness (QED) is 0.162. The summed E-state index contributed by atoms with van der Waals surface area (Å²) < 4.78 is 2.45. The maximum atomic E-state index is 2.46. The van der Waals surface area contributed by atoms with Gasteiger partial charge in [-0.25, -0.2) is 0 Å². The lowest BCUT2D eigenvalue weighted by molar-refractivity contribution is 1.18. The van der Waals surface area contributed by atoms with Crippen molar-refractivity contribution in [3.05, 3.63) is 218 Å². The number of fused-ring (bicyclic) bond motifs is 4. The van der Waals surface area contributed by atoms with Crippen LogP contribution in [0.2, 0.25) is 0 Å². The second-order valence-electron chi connectivity index (χ2n) is 13.7. The Bertz CT molecular complexity index is 2920. The average Bonchev–Trinajstić information content (AvgIpc) is 3.59. The Kier molecular flexibility index (Phi) is 7.85. The van der Waals surface area contributed by atoms with Crippen LogP contribution in [-0.2, 0) is 0 Å². The van der Waals surface area contributed by atoms with Gasteiger partial charge in [0.1, 0.15) is 0 Å². The Labute approximate surface area is 315 Å². The Morgan fingerprint density at radius 1 is 0.333 bits per heavy atom. The Hall–Kier alpha value is -7.16. The van der Waals surface area contributed by atoms with E-state index in [9.17, 15) is 0 Å². The summed E-state index contributed by atoms with van der Waals surface area (Å²) in [5, 5.41) is 4.85. The molecule has 0 spiro atoms. The highest BCUT2D eigenvalue weighted by Gasteiger charge is 2.24. The van der Waals surface area contributed by atoms with Crippen LogP contribution < -0.4 is 4.90 Å². The van der Waals surface area contributed by atoms with Crippen LogP contribution in [0.15, 0.2) is 218 Å². The van der Waals surface area contributed by atoms with Crippen molar-refractivity contribution in [1.82, 2.24) is 4.57 Å². The molecular formula is C52H36N2. The summed E-state index contributed by atoms with van der Waals surface area (Å²) in [4.78, 5) is 2.46. The summed E-state index contributed by atoms with van der Waals surface area (Å²) in [6.45, 7) is 0. The molecule has 1 heterocycles. The maximum Gasteiger partial charge on any atom is 0.0562 e. The van der Waals surface area contributed by atoms with Crippen molar-refractivity contribution in [2.45, 2.75) is 0 Å². The molecule has 0 aliphatic rings. The molecule has 10 rings (SSSR count). The molecule has 0 radical (unpaired) electrons. The van der Waals surface area contributed by atoms with Crippen LogP contribution in [0.25, 0.3) is 71.6 Å². The Morgan fingerprint density at radius 2 is 0.889 bits per heavy atom. The van der Waals surface area contributed by atoms with E-state index in [1.54, 1.807) is 0 Å². The van der Waals surface area contributed by atoms with Crippen LogP contribution in [0, 0.1) is 0 Å². The predicted molar refractivity (Wildman–Crippen MR) is 229 cm³/mol. The number of hydrogen-bond acceptors (Lipinski definition) is 1. The second-order valence-corrected chi connectivity index (χ2v) is 13.7. The van der Waals surface area contributed by atoms with Crippen LogP contribution in [0.4, 0.5) is 17.1 Å². The number of benzene rings is 9. The Balaban J connectivity index is 1.22. The van der Waals surface area contributed by atoms with Gasteiger partial charge in [0.05, 0.1) is 28.1 Å². The fourth-order valence-electron chi connectivity index (χ4n) is 8.09. The number of anilines is 3. The summed E-state index contributed by atoms with van der Waals surface area (Å²) >= 11 is 0. The fourth-order valence-corrected chi connectivity index (χ4v) is 8.09. The first-order chi connectivity index (χ1) is 26.8. The van der Waals surface area contributed by atoms with E-state index in [2.05, 4.69) is 228 Å². The van der Waals surface area contributed by atoms with E-state index in [1.807, 2.05) is 0 Å². The van der Waals surface area contributed by atoms with E-state index >= 15 is 0 Å². The van der Waals surface area contributed by atoms with Crippen molar-refractivity contribution in [2.24, 2.45) is 0 Å². The highest BCUT2D eigenvalue weighted by Crippen LogP contribution is 2.47. The first-order valence-electron chi connectivity index (χ1n) is 18.5. The average molecular weight is 689 g/mol. The van der Waals surface area contributed by atoms with Gasteiger partial charge in [-0.1, -0.05) is 176 Å². The topological polar surface area (TPSA) is 8.17 Å². The van der Waals surface area contributed by atoms with Gasteiger partial charge in [0.15, 0.2) is 0 Å². The van der Waals surface area contributed by atoms with Crippen LogP contribution in [0.3, 0.4) is 0 Å². The molecule has 0 saturated carbocycles. The molecule has 0 fully saturated rings. The zero-order chi connectivity index (χ0) is 35.8. The molecule has 0 N–H and O–H groups in total. The SMILES string of the molecule is c1ccc(-c2ccc(-c3ccccc3-n3c4ccccc4c4c(N(c5ccc6ccccc6c5)c5ccccc5-c5ccccc5)cccc43)cc2)cc1. The van der Waals surface area contributed by atoms with Crippen LogP contribution in [0.5, 0.6) is 0 Å². The molecule has 0 saturated heterocycles. The van der Waals surface area contributed by atoms with Crippen molar-refractivity contribution in [3.8, 4) is 39.1 Å². The van der Waals surface area contributed by atoms with Crippen molar-refractivity contribution in [2.75, 3.05) is 4.90 Å². The zero-order valence-corrected chi connectivity index (χ0v) is 29.7. The summed E-state index contributed by atoms with van der Waals surface area (Å²) in [5.74, 6) is 0. The summed E-state index contributed by atoms with van der Waals surface area (Å²) in [6, 6.07) is 78.9. The van der Waals surface area contributed by atoms with E-state index in [0.29, 0.717) is 0 Å². The highest BCUT2D eigenvalue weighted by atomic mass is 15.2. The summed E-state index contributed by atoms with van der Waals surface area (Å²) in [6.07, 6.45) is 0. The molecule has 0 aliphatic heterocycles. The first kappa shape index (κ1) is 31.6. The van der Waals surface area contributed by atoms with E-state index in [4.69, 9.17) is 0 Å². The fraction of sp³-hybridized carbons (Fsp3) is 0. The van der Waals surface area contributed by atoms with Crippen LogP contribution in [0.1, 0.15) is 0 Å². The molecule has 2 heteroatoms. The van der Waals surface area contributed by atoms with Crippen molar-refractivity contribution < 1.29 is 0 Å². The molecule has 0 amide bonds. The normalized spacial score (nSPS) is 11.3. The highest BCUT2D eigenvalue weighted by molar-refractivity contribution is 6.17. The third-order valence-electron chi connectivity index (χ3n) is 10.6. The molecule has 10 aromatic rings. The number of nitrogens with zero attached hydrogens (tertiary/aromatic N) is 2. The van der Waals surface area contributed by atoms with Gasteiger partial charge in [-0.15, -0.1) is 0 Å². The molecule has 9 aromatic carbocycles. The lowest BCUT2D eigenvalue weighted by Gasteiger charge is -2.29. The standard InChI is InChI=1S/C52H36N2/c1-3-16-37(17-4-1)39-30-32-41(33-31-39)45-23-10-13-26-48(45)54-49-27-14-11-24-46(49)52-50(28-15-29-51(52)54)53(43-35-34-38-18-7-8-21-42(38)36-43)47-25-12-9-22-44(47)40-19-5-2-6-20-40/h1-36H. The van der Waals surface area contributed by atoms with Gasteiger partial charge >= 0.3 is 0 Å². The van der Waals surface area contributed by atoms with E-state index < -0.39 is 0 Å². The summed E-state index contributed by atoms with van der Waals surface area (Å²) in [7, 11) is 0. The lowest BCUT2D eigenvalue weighted by atomic mass is 9.99. The minimum absolute atomic E-state index is 1.11. The van der Waals surface area contributed by atoms with E-state index in [0.717, 1.165) is 28.3 Å². The van der Waals surface area contributed by atoms with Crippen LogP contribution >= 0.6 is 0 Å². The molecule has 254 valence electrons. The minimum Gasteiger partial charge on any atom is -0.309 e. The second kappa shape index (κ2) is 13.4. The molecule has 54 heavy (non-hydrogen) atoms. The van der Waals surface area contributed by atoms with Gasteiger partial charge < -0.3 is 9.47 Å². The molecule has 0 unspecified atom stereocenters. The predicted octanol–water partition coefficient (Wildman–Crippen LogP) is 14.4. The van der Waals surface area contributed by atoms with Crippen LogP contribution in [-0.4, -0.2) is 4.57 Å². The largest absolute Gasteiger partial charge is 0.309 e. The molecule has 1 aromatic heterocycles. The molecule has 0 atom stereocenters. The monoisotopic (exact) mass is 688 g/mol. The Morgan fingerprint density at radius 3 is 1.70 bits per heavy atom.